The average Bonchev–Trinajstić information content (AvgIpc) is 2.87. The molecular weight excluding hydrogens is 253 g/mol. The highest BCUT2D eigenvalue weighted by Gasteiger charge is 2.51. The van der Waals surface area contributed by atoms with Gasteiger partial charge in [0.05, 0.1) is 22.2 Å². The highest BCUT2D eigenvalue weighted by Crippen LogP contribution is 2.36. The molecule has 2 heterocycles. The summed E-state index contributed by atoms with van der Waals surface area (Å²) in [5.41, 5.74) is 2.26. The summed E-state index contributed by atoms with van der Waals surface area (Å²) >= 11 is 0. The van der Waals surface area contributed by atoms with Crippen molar-refractivity contribution >= 4 is 29.6 Å². The molecule has 0 unspecified atom stereocenters. The number of benzene rings is 1. The van der Waals surface area contributed by atoms with Gasteiger partial charge in [-0.3, -0.25) is 0 Å². The maximum absolute atomic E-state index is 6.06. The number of hydrogen-bond acceptors (Lipinski definition) is 4. The smallest absolute Gasteiger partial charge is 0.399 e. The molecule has 20 heavy (non-hydrogen) atoms. The van der Waals surface area contributed by atoms with E-state index in [0.717, 1.165) is 22.4 Å². The Balaban J connectivity index is 1.95. The fourth-order valence-corrected chi connectivity index (χ4v) is 2.27. The third-order valence-corrected chi connectivity index (χ3v) is 4.27. The van der Waals surface area contributed by atoms with Crippen molar-refractivity contribution in [2.45, 2.75) is 38.9 Å². The number of H-pyrrole nitrogens is 1. The lowest BCUT2D eigenvalue weighted by atomic mass is 9.79. The number of hydrogen-bond donors (Lipinski definition) is 2. The van der Waals surface area contributed by atoms with Crippen LogP contribution >= 0.6 is 0 Å². The number of aromatic nitrogens is 2. The second-order valence-corrected chi connectivity index (χ2v) is 6.20. The lowest BCUT2D eigenvalue weighted by molar-refractivity contribution is 0.00578. The maximum Gasteiger partial charge on any atom is 0.494 e. The Morgan fingerprint density at radius 1 is 1.15 bits per heavy atom. The minimum atomic E-state index is -0.342. The van der Waals surface area contributed by atoms with E-state index in [9.17, 15) is 0 Å². The van der Waals surface area contributed by atoms with E-state index in [1.165, 1.54) is 0 Å². The topological polar surface area (TPSA) is 59.2 Å². The zero-order valence-corrected chi connectivity index (χ0v) is 12.6. The summed E-state index contributed by atoms with van der Waals surface area (Å²) < 4.78 is 12.1. The molecule has 1 aliphatic rings. The summed E-state index contributed by atoms with van der Waals surface area (Å²) in [5, 5.41) is 3.00. The van der Waals surface area contributed by atoms with Crippen LogP contribution in [0.25, 0.3) is 11.0 Å². The maximum atomic E-state index is 6.06. The third kappa shape index (κ3) is 1.99. The summed E-state index contributed by atoms with van der Waals surface area (Å²) in [7, 11) is 1.50. The van der Waals surface area contributed by atoms with Crippen molar-refractivity contribution in [3.8, 4) is 0 Å². The van der Waals surface area contributed by atoms with E-state index >= 15 is 0 Å². The summed E-state index contributed by atoms with van der Waals surface area (Å²) in [5.74, 6) is 0.756. The van der Waals surface area contributed by atoms with Crippen LogP contribution in [0, 0.1) is 0 Å². The van der Waals surface area contributed by atoms with E-state index in [1.807, 2.05) is 25.2 Å². The molecule has 3 rings (SSSR count). The number of nitrogens with one attached hydrogen (secondary N) is 2. The predicted molar refractivity (Wildman–Crippen MR) is 81.4 cm³/mol. The van der Waals surface area contributed by atoms with Crippen molar-refractivity contribution in [1.29, 1.82) is 0 Å². The molecule has 5 nitrogen and oxygen atoms in total. The van der Waals surface area contributed by atoms with Gasteiger partial charge in [0.1, 0.15) is 0 Å². The van der Waals surface area contributed by atoms with Gasteiger partial charge in [-0.05, 0) is 45.3 Å². The van der Waals surface area contributed by atoms with E-state index < -0.39 is 0 Å². The Kier molecular flexibility index (Phi) is 2.85. The zero-order chi connectivity index (χ0) is 14.5. The predicted octanol–water partition coefficient (Wildman–Crippen LogP) is 1.90. The van der Waals surface area contributed by atoms with E-state index in [-0.39, 0.29) is 18.3 Å². The van der Waals surface area contributed by atoms with Gasteiger partial charge in [-0.1, -0.05) is 6.07 Å². The normalized spacial score (nSPS) is 20.6. The molecule has 1 aromatic heterocycles. The van der Waals surface area contributed by atoms with Crippen LogP contribution in [0.3, 0.4) is 0 Å². The average molecular weight is 273 g/mol. The Hall–Kier alpha value is -1.53. The molecule has 0 bridgehead atoms. The first kappa shape index (κ1) is 13.5. The molecule has 1 saturated heterocycles. The van der Waals surface area contributed by atoms with Gasteiger partial charge in [0.25, 0.3) is 0 Å². The lowest BCUT2D eigenvalue weighted by Gasteiger charge is -2.32. The van der Waals surface area contributed by atoms with Gasteiger partial charge in [0.15, 0.2) is 0 Å². The van der Waals surface area contributed by atoms with E-state index in [1.54, 1.807) is 0 Å². The molecule has 106 valence electrons. The molecular formula is C14H20BN3O2. The van der Waals surface area contributed by atoms with Gasteiger partial charge in [-0.15, -0.1) is 0 Å². The number of rotatable bonds is 2. The molecule has 1 fully saturated rings. The van der Waals surface area contributed by atoms with Gasteiger partial charge in [0.2, 0.25) is 5.95 Å². The van der Waals surface area contributed by atoms with E-state index in [0.29, 0.717) is 0 Å². The van der Waals surface area contributed by atoms with Crippen LogP contribution in [-0.4, -0.2) is 35.3 Å². The van der Waals surface area contributed by atoms with Crippen molar-refractivity contribution in [3.63, 3.8) is 0 Å². The second-order valence-electron chi connectivity index (χ2n) is 6.20. The highest BCUT2D eigenvalue weighted by molar-refractivity contribution is 6.62. The van der Waals surface area contributed by atoms with Crippen molar-refractivity contribution < 1.29 is 9.31 Å². The van der Waals surface area contributed by atoms with Gasteiger partial charge < -0.3 is 19.6 Å². The van der Waals surface area contributed by atoms with Crippen molar-refractivity contribution in [1.82, 2.24) is 9.97 Å². The first-order valence-electron chi connectivity index (χ1n) is 6.85. The summed E-state index contributed by atoms with van der Waals surface area (Å²) in [6.07, 6.45) is 0. The number of aromatic amines is 1. The second kappa shape index (κ2) is 4.23. The molecule has 0 atom stereocenters. The van der Waals surface area contributed by atoms with Crippen LogP contribution in [0.4, 0.5) is 5.95 Å². The van der Waals surface area contributed by atoms with Crippen LogP contribution in [0.1, 0.15) is 27.7 Å². The van der Waals surface area contributed by atoms with Crippen LogP contribution in [0.5, 0.6) is 0 Å². The summed E-state index contributed by atoms with van der Waals surface area (Å²) in [4.78, 5) is 7.63. The molecule has 2 aromatic rings. The summed E-state index contributed by atoms with van der Waals surface area (Å²) in [6.45, 7) is 8.23. The lowest BCUT2D eigenvalue weighted by Crippen LogP contribution is -2.41. The zero-order valence-electron chi connectivity index (χ0n) is 12.6. The Labute approximate surface area is 119 Å². The molecule has 0 radical (unpaired) electrons. The molecule has 1 aliphatic heterocycles. The van der Waals surface area contributed by atoms with Gasteiger partial charge >= 0.3 is 7.12 Å². The van der Waals surface area contributed by atoms with Gasteiger partial charge in [-0.2, -0.15) is 0 Å². The van der Waals surface area contributed by atoms with Crippen LogP contribution in [0.15, 0.2) is 18.2 Å². The SMILES string of the molecule is CNc1nc2ccc(B3OC(C)(C)C(C)(C)O3)cc2[nH]1. The molecule has 0 aliphatic carbocycles. The number of fused-ring (bicyclic) bond motifs is 1. The first-order valence-corrected chi connectivity index (χ1v) is 6.85. The largest absolute Gasteiger partial charge is 0.494 e. The van der Waals surface area contributed by atoms with Crippen LogP contribution < -0.4 is 10.8 Å². The first-order chi connectivity index (χ1) is 9.32. The van der Waals surface area contributed by atoms with Crippen molar-refractivity contribution in [2.75, 3.05) is 12.4 Å². The van der Waals surface area contributed by atoms with Gasteiger partial charge in [-0.25, -0.2) is 4.98 Å². The third-order valence-electron chi connectivity index (χ3n) is 4.27. The van der Waals surface area contributed by atoms with Crippen LogP contribution in [0.2, 0.25) is 0 Å². The monoisotopic (exact) mass is 273 g/mol. The van der Waals surface area contributed by atoms with E-state index in [4.69, 9.17) is 9.31 Å². The molecule has 0 spiro atoms. The fraction of sp³-hybridized carbons (Fsp3) is 0.500. The van der Waals surface area contributed by atoms with Crippen molar-refractivity contribution in [3.05, 3.63) is 18.2 Å². The van der Waals surface area contributed by atoms with Gasteiger partial charge in [0, 0.05) is 7.05 Å². The number of anilines is 1. The molecule has 1 aromatic carbocycles. The Morgan fingerprint density at radius 2 is 1.80 bits per heavy atom. The molecule has 0 amide bonds. The molecule has 6 heteroatoms. The summed E-state index contributed by atoms with van der Waals surface area (Å²) in [6, 6.07) is 6.02. The Morgan fingerprint density at radius 3 is 2.40 bits per heavy atom. The standard InChI is InChI=1S/C14H20BN3O2/c1-13(2)14(3,4)20-15(19-13)9-6-7-10-11(8-9)18-12(16-5)17-10/h6-8H,1-5H3,(H2,16,17,18). The minimum absolute atomic E-state index is 0.323. The van der Waals surface area contributed by atoms with E-state index in [2.05, 4.69) is 43.0 Å². The quantitative estimate of drug-likeness (QED) is 0.820. The molecule has 0 saturated carbocycles. The number of nitrogens with zero attached hydrogens (tertiary/aromatic N) is 1. The highest BCUT2D eigenvalue weighted by atomic mass is 16.7. The molecule has 2 N–H and O–H groups in total. The Bertz CT molecular complexity index is 635. The fourth-order valence-electron chi connectivity index (χ4n) is 2.27. The minimum Gasteiger partial charge on any atom is -0.399 e. The number of imidazole rings is 1. The van der Waals surface area contributed by atoms with Crippen molar-refractivity contribution in [2.24, 2.45) is 0 Å². The van der Waals surface area contributed by atoms with Crippen LogP contribution in [-0.2, 0) is 9.31 Å².